The van der Waals surface area contributed by atoms with Crippen molar-refractivity contribution in [3.05, 3.63) is 188 Å². The van der Waals surface area contributed by atoms with Gasteiger partial charge in [-0.25, -0.2) is 9.18 Å². The standard InChI is InChI=1S/C20H14FN3O4.C13H11N3O3.C5H4O3/c21-17-9-5-4-8-15(17)19(25)23-18-11-10-14(24(27)28)12-16(18)20(26)22-13-6-2-1-3-7-13;14-12-7-6-10(16(18)19)8-11(12)13(17)15-9-4-2-1-3-5-9;6-5(7)4-2-1-3-8-4/h1-12H,(H,22,26)(H,23,25);1-8H,14H2,(H,15,17);1-3H,(H,6,7). The number of nitrogen functional groups attached to an aromatic ring is 1. The minimum absolute atomic E-state index is 0.0206. The van der Waals surface area contributed by atoms with E-state index in [1.165, 1.54) is 54.8 Å². The molecule has 0 saturated carbocycles. The quantitative estimate of drug-likeness (QED) is 0.0545. The Kier molecular flexibility index (Phi) is 13.6. The minimum Gasteiger partial charge on any atom is -0.475 e. The molecule has 1 heterocycles. The van der Waals surface area contributed by atoms with E-state index in [1.54, 1.807) is 54.6 Å². The average molecular weight is 749 g/mol. The lowest BCUT2D eigenvalue weighted by molar-refractivity contribution is -0.385. The number of benzene rings is 5. The highest BCUT2D eigenvalue weighted by molar-refractivity contribution is 6.13. The molecule has 0 spiro atoms. The van der Waals surface area contributed by atoms with Crippen LogP contribution in [-0.2, 0) is 0 Å². The number of carboxylic acids is 1. The summed E-state index contributed by atoms with van der Waals surface area (Å²) >= 11 is 0. The van der Waals surface area contributed by atoms with Crippen LogP contribution in [0.5, 0.6) is 0 Å². The van der Waals surface area contributed by atoms with Gasteiger partial charge in [0.25, 0.3) is 29.1 Å². The number of non-ortho nitro benzene ring substituents is 2. The Labute approximate surface area is 310 Å². The summed E-state index contributed by atoms with van der Waals surface area (Å²) in [5, 5.41) is 37.6. The van der Waals surface area contributed by atoms with Gasteiger partial charge in [-0.3, -0.25) is 34.6 Å². The minimum atomic E-state index is -1.03. The average Bonchev–Trinajstić information content (AvgIpc) is 3.73. The molecule has 0 aliphatic heterocycles. The van der Waals surface area contributed by atoms with Crippen molar-refractivity contribution in [1.82, 2.24) is 0 Å². The summed E-state index contributed by atoms with van der Waals surface area (Å²) in [6.07, 6.45) is 1.32. The van der Waals surface area contributed by atoms with Gasteiger partial charge in [-0.2, -0.15) is 0 Å². The molecule has 5 aromatic carbocycles. The molecule has 17 heteroatoms. The lowest BCUT2D eigenvalue weighted by Gasteiger charge is -2.12. The highest BCUT2D eigenvalue weighted by atomic mass is 19.1. The van der Waals surface area contributed by atoms with Crippen LogP contribution in [0.4, 0.5) is 38.5 Å². The molecule has 0 atom stereocenters. The predicted molar refractivity (Wildman–Crippen MR) is 199 cm³/mol. The molecular formula is C38H29FN6O10. The number of hydrogen-bond donors (Lipinski definition) is 5. The molecule has 16 nitrogen and oxygen atoms in total. The van der Waals surface area contributed by atoms with E-state index in [0.29, 0.717) is 11.4 Å². The van der Waals surface area contributed by atoms with Gasteiger partial charge in [-0.1, -0.05) is 48.5 Å². The lowest BCUT2D eigenvalue weighted by atomic mass is 10.1. The number of carboxylic acid groups (broad SMARTS) is 1. The van der Waals surface area contributed by atoms with Crippen LogP contribution in [0.3, 0.4) is 0 Å². The smallest absolute Gasteiger partial charge is 0.371 e. The second kappa shape index (κ2) is 18.9. The van der Waals surface area contributed by atoms with E-state index < -0.39 is 39.4 Å². The Morgan fingerprint density at radius 1 is 0.600 bits per heavy atom. The number of halogens is 1. The van der Waals surface area contributed by atoms with Gasteiger partial charge in [0.2, 0.25) is 5.76 Å². The number of carbonyl (C=O) groups excluding carboxylic acids is 3. The van der Waals surface area contributed by atoms with Crippen molar-refractivity contribution in [2.75, 3.05) is 21.7 Å². The number of furan rings is 1. The molecular weight excluding hydrogens is 719 g/mol. The number of anilines is 4. The monoisotopic (exact) mass is 748 g/mol. The molecule has 0 aliphatic carbocycles. The maximum absolute atomic E-state index is 13.8. The lowest BCUT2D eigenvalue weighted by Crippen LogP contribution is -2.19. The van der Waals surface area contributed by atoms with Gasteiger partial charge >= 0.3 is 5.97 Å². The normalized spacial score (nSPS) is 9.91. The predicted octanol–water partition coefficient (Wildman–Crippen LogP) is 7.65. The van der Waals surface area contributed by atoms with Crippen molar-refractivity contribution >= 4 is 57.8 Å². The second-order valence-corrected chi connectivity index (χ2v) is 10.9. The molecule has 6 rings (SSSR count). The molecule has 0 radical (unpaired) electrons. The van der Waals surface area contributed by atoms with Gasteiger partial charge in [0.15, 0.2) is 0 Å². The molecule has 0 aliphatic rings. The Morgan fingerprint density at radius 3 is 1.58 bits per heavy atom. The van der Waals surface area contributed by atoms with Crippen molar-refractivity contribution in [1.29, 1.82) is 0 Å². The molecule has 0 bridgehead atoms. The number of nitro benzene ring substituents is 2. The highest BCUT2D eigenvalue weighted by Crippen LogP contribution is 2.25. The van der Waals surface area contributed by atoms with Gasteiger partial charge in [0, 0.05) is 41.3 Å². The molecule has 3 amide bonds. The van der Waals surface area contributed by atoms with E-state index in [-0.39, 0.29) is 45.2 Å². The van der Waals surface area contributed by atoms with Gasteiger partial charge in [0.05, 0.1) is 38.5 Å². The van der Waals surface area contributed by atoms with Crippen molar-refractivity contribution in [2.24, 2.45) is 0 Å². The van der Waals surface area contributed by atoms with Crippen molar-refractivity contribution in [3.8, 4) is 0 Å². The van der Waals surface area contributed by atoms with E-state index in [4.69, 9.17) is 10.8 Å². The third-order valence-corrected chi connectivity index (χ3v) is 7.11. The van der Waals surface area contributed by atoms with E-state index in [1.807, 2.05) is 6.07 Å². The van der Waals surface area contributed by atoms with Crippen LogP contribution in [0.1, 0.15) is 41.6 Å². The van der Waals surface area contributed by atoms with Crippen LogP contribution in [-0.4, -0.2) is 38.6 Å². The number of nitro groups is 2. The van der Waals surface area contributed by atoms with E-state index in [2.05, 4.69) is 20.4 Å². The van der Waals surface area contributed by atoms with Crippen molar-refractivity contribution in [3.63, 3.8) is 0 Å². The largest absolute Gasteiger partial charge is 0.475 e. The summed E-state index contributed by atoms with van der Waals surface area (Å²) in [7, 11) is 0. The SMILES string of the molecule is Nc1ccc([N+](=O)[O-])cc1C(=O)Nc1ccccc1.O=C(Nc1ccc([N+](=O)[O-])cc1C(=O)Nc1ccccc1)c1ccccc1F.O=C(O)c1ccco1. The zero-order chi connectivity index (χ0) is 39.9. The van der Waals surface area contributed by atoms with Crippen molar-refractivity contribution < 1.29 is 42.9 Å². The molecule has 0 unspecified atom stereocenters. The highest BCUT2D eigenvalue weighted by Gasteiger charge is 2.20. The maximum atomic E-state index is 13.8. The molecule has 55 heavy (non-hydrogen) atoms. The third-order valence-electron chi connectivity index (χ3n) is 7.11. The van der Waals surface area contributed by atoms with E-state index >= 15 is 0 Å². The Bertz CT molecular complexity index is 2320. The Morgan fingerprint density at radius 2 is 1.09 bits per heavy atom. The van der Waals surface area contributed by atoms with Crippen LogP contribution in [0.25, 0.3) is 0 Å². The van der Waals surface area contributed by atoms with Gasteiger partial charge in [-0.15, -0.1) is 0 Å². The van der Waals surface area contributed by atoms with Crippen LogP contribution in [0.15, 0.2) is 144 Å². The van der Waals surface area contributed by atoms with E-state index in [0.717, 1.165) is 24.3 Å². The number of amides is 3. The van der Waals surface area contributed by atoms with Gasteiger partial charge in [0.1, 0.15) is 5.82 Å². The number of nitrogens with one attached hydrogen (secondary N) is 3. The van der Waals surface area contributed by atoms with Crippen LogP contribution in [0.2, 0.25) is 0 Å². The number of rotatable bonds is 9. The fourth-order valence-electron chi connectivity index (χ4n) is 4.47. The number of aromatic carboxylic acids is 1. The topological polar surface area (TPSA) is 250 Å². The molecule has 0 fully saturated rings. The Balaban J connectivity index is 0.000000213. The first-order chi connectivity index (χ1) is 26.3. The Hall–Kier alpha value is -8.21. The second-order valence-electron chi connectivity index (χ2n) is 10.9. The zero-order valence-electron chi connectivity index (χ0n) is 28.3. The third kappa shape index (κ3) is 11.4. The molecule has 6 aromatic rings. The number of nitrogens with zero attached hydrogens (tertiary/aromatic N) is 2. The fourth-order valence-corrected chi connectivity index (χ4v) is 4.47. The number of para-hydroxylation sites is 2. The summed E-state index contributed by atoms with van der Waals surface area (Å²) in [6, 6.07) is 32.7. The van der Waals surface area contributed by atoms with Crippen LogP contribution >= 0.6 is 0 Å². The van der Waals surface area contributed by atoms with Crippen LogP contribution in [0, 0.1) is 26.0 Å². The fraction of sp³-hybridized carbons (Fsp3) is 0. The zero-order valence-corrected chi connectivity index (χ0v) is 28.3. The summed E-state index contributed by atoms with van der Waals surface area (Å²) in [5.74, 6) is -3.69. The summed E-state index contributed by atoms with van der Waals surface area (Å²) in [5.41, 5.74) is 6.20. The number of nitrogens with two attached hydrogens (primary N) is 1. The van der Waals surface area contributed by atoms with Crippen molar-refractivity contribution in [2.45, 2.75) is 0 Å². The summed E-state index contributed by atoms with van der Waals surface area (Å²) < 4.78 is 18.3. The summed E-state index contributed by atoms with van der Waals surface area (Å²) in [6.45, 7) is 0. The maximum Gasteiger partial charge on any atom is 0.371 e. The molecule has 1 aromatic heterocycles. The first-order valence-corrected chi connectivity index (χ1v) is 15.7. The first kappa shape index (κ1) is 39.6. The van der Waals surface area contributed by atoms with Crippen LogP contribution < -0.4 is 21.7 Å². The molecule has 0 saturated heterocycles. The number of carbonyl (C=O) groups is 4. The van der Waals surface area contributed by atoms with Gasteiger partial charge in [-0.05, 0) is 60.7 Å². The van der Waals surface area contributed by atoms with E-state index in [9.17, 15) is 43.8 Å². The molecule has 278 valence electrons. The molecule has 6 N–H and O–H groups in total. The van der Waals surface area contributed by atoms with Gasteiger partial charge < -0.3 is 31.2 Å². The summed E-state index contributed by atoms with van der Waals surface area (Å²) in [4.78, 5) is 67.5. The number of hydrogen-bond acceptors (Lipinski definition) is 10. The first-order valence-electron chi connectivity index (χ1n) is 15.7.